The lowest BCUT2D eigenvalue weighted by molar-refractivity contribution is 0.262. The minimum atomic E-state index is 0.212. The lowest BCUT2D eigenvalue weighted by Gasteiger charge is -2.37. The number of aromatic nitrogens is 3. The zero-order chi connectivity index (χ0) is 18.1. The van der Waals surface area contributed by atoms with E-state index in [2.05, 4.69) is 16.0 Å². The van der Waals surface area contributed by atoms with Crippen molar-refractivity contribution in [3.8, 4) is 11.3 Å². The molecule has 136 valence electrons. The van der Waals surface area contributed by atoms with Gasteiger partial charge in [-0.3, -0.25) is 0 Å². The fourth-order valence-corrected chi connectivity index (χ4v) is 3.92. The average molecular weight is 371 g/mol. The van der Waals surface area contributed by atoms with Crippen molar-refractivity contribution in [2.45, 2.75) is 38.6 Å². The zero-order valence-electron chi connectivity index (χ0n) is 14.9. The molecule has 1 atom stereocenters. The first-order chi connectivity index (χ1) is 12.7. The van der Waals surface area contributed by atoms with E-state index in [-0.39, 0.29) is 6.61 Å². The molecule has 1 aromatic carbocycles. The van der Waals surface area contributed by atoms with Crippen molar-refractivity contribution < 1.29 is 5.11 Å². The van der Waals surface area contributed by atoms with Gasteiger partial charge < -0.3 is 10.0 Å². The van der Waals surface area contributed by atoms with Crippen LogP contribution in [0.25, 0.3) is 16.9 Å². The monoisotopic (exact) mass is 370 g/mol. The summed E-state index contributed by atoms with van der Waals surface area (Å²) in [5, 5.41) is 15.0. The van der Waals surface area contributed by atoms with Crippen LogP contribution in [0, 0.1) is 6.92 Å². The first-order valence-corrected chi connectivity index (χ1v) is 9.54. The van der Waals surface area contributed by atoms with Gasteiger partial charge in [-0.15, -0.1) is 0 Å². The quantitative estimate of drug-likeness (QED) is 0.751. The molecule has 6 heteroatoms. The summed E-state index contributed by atoms with van der Waals surface area (Å²) in [5.41, 5.74) is 3.73. The molecule has 3 aromatic rings. The smallest absolute Gasteiger partial charge is 0.158 e. The van der Waals surface area contributed by atoms with E-state index in [9.17, 15) is 5.11 Å². The molecule has 0 amide bonds. The number of benzene rings is 1. The summed E-state index contributed by atoms with van der Waals surface area (Å²) in [6.07, 6.45) is 4.27. The fourth-order valence-electron chi connectivity index (χ4n) is 3.80. The number of halogens is 1. The maximum absolute atomic E-state index is 9.45. The number of piperidine rings is 1. The van der Waals surface area contributed by atoms with Crippen molar-refractivity contribution in [2.24, 2.45) is 0 Å². The molecule has 0 aliphatic carbocycles. The van der Waals surface area contributed by atoms with E-state index < -0.39 is 0 Å². The second-order valence-electron chi connectivity index (χ2n) is 6.92. The summed E-state index contributed by atoms with van der Waals surface area (Å²) in [7, 11) is 0. The molecule has 1 fully saturated rings. The summed E-state index contributed by atoms with van der Waals surface area (Å²) in [6, 6.07) is 12.2. The zero-order valence-corrected chi connectivity index (χ0v) is 15.7. The van der Waals surface area contributed by atoms with Crippen LogP contribution in [0.3, 0.4) is 0 Å². The predicted molar refractivity (Wildman–Crippen MR) is 105 cm³/mol. The van der Waals surface area contributed by atoms with Crippen molar-refractivity contribution >= 4 is 23.1 Å². The first kappa shape index (κ1) is 17.3. The molecule has 0 radical (unpaired) electrons. The van der Waals surface area contributed by atoms with E-state index in [0.29, 0.717) is 11.1 Å². The highest BCUT2D eigenvalue weighted by Crippen LogP contribution is 2.29. The Labute approximate surface area is 158 Å². The van der Waals surface area contributed by atoms with E-state index in [0.717, 1.165) is 54.2 Å². The number of aliphatic hydroxyl groups excluding tert-OH is 1. The van der Waals surface area contributed by atoms with Gasteiger partial charge in [0, 0.05) is 47.6 Å². The molecule has 0 spiro atoms. The number of rotatable bonds is 4. The van der Waals surface area contributed by atoms with Gasteiger partial charge in [0.1, 0.15) is 5.82 Å². The van der Waals surface area contributed by atoms with Crippen LogP contribution in [0.1, 0.15) is 31.4 Å². The highest BCUT2D eigenvalue weighted by Gasteiger charge is 2.25. The molecule has 2 aromatic heterocycles. The number of aliphatic hydroxyl groups is 1. The van der Waals surface area contributed by atoms with Crippen molar-refractivity contribution in [2.75, 3.05) is 18.1 Å². The second kappa shape index (κ2) is 7.25. The second-order valence-corrected chi connectivity index (χ2v) is 7.35. The molecule has 3 heterocycles. The molecule has 5 nitrogen and oxygen atoms in total. The minimum Gasteiger partial charge on any atom is -0.396 e. The van der Waals surface area contributed by atoms with E-state index in [1.54, 1.807) is 0 Å². The topological polar surface area (TPSA) is 53.7 Å². The van der Waals surface area contributed by atoms with Crippen LogP contribution in [0.4, 0.5) is 5.82 Å². The average Bonchev–Trinajstić information content (AvgIpc) is 3.06. The van der Waals surface area contributed by atoms with E-state index in [1.165, 1.54) is 6.42 Å². The molecule has 0 saturated carbocycles. The predicted octanol–water partition coefficient (Wildman–Crippen LogP) is 4.10. The molecule has 1 saturated heterocycles. The maximum Gasteiger partial charge on any atom is 0.158 e. The molecule has 1 N–H and O–H groups in total. The molecule has 4 rings (SSSR count). The number of anilines is 1. The Morgan fingerprint density at radius 3 is 2.77 bits per heavy atom. The van der Waals surface area contributed by atoms with Gasteiger partial charge in [-0.1, -0.05) is 23.7 Å². The Balaban J connectivity index is 1.80. The summed E-state index contributed by atoms with van der Waals surface area (Å²) in [4.78, 5) is 7.05. The van der Waals surface area contributed by atoms with Gasteiger partial charge >= 0.3 is 0 Å². The third-order valence-corrected chi connectivity index (χ3v) is 5.31. The van der Waals surface area contributed by atoms with Crippen molar-refractivity contribution in [1.82, 2.24) is 14.6 Å². The largest absolute Gasteiger partial charge is 0.396 e. The number of nitrogens with zero attached hydrogens (tertiary/aromatic N) is 4. The highest BCUT2D eigenvalue weighted by atomic mass is 35.5. The van der Waals surface area contributed by atoms with Gasteiger partial charge in [0.2, 0.25) is 0 Å². The first-order valence-electron chi connectivity index (χ1n) is 9.16. The van der Waals surface area contributed by atoms with Crippen LogP contribution in [0.5, 0.6) is 0 Å². The minimum absolute atomic E-state index is 0.212. The summed E-state index contributed by atoms with van der Waals surface area (Å²) in [6.45, 7) is 3.21. The Hall–Kier alpha value is -2.11. The lowest BCUT2D eigenvalue weighted by Crippen LogP contribution is -2.41. The standard InChI is InChI=1S/C20H23ClN4O/c1-14-12-20(24-10-3-2-4-17(24)9-11-26)25-19(22-14)13-18(23-25)15-5-7-16(21)8-6-15/h5-8,12-13,17,26H,2-4,9-11H2,1H3. The lowest BCUT2D eigenvalue weighted by atomic mass is 9.99. The molecule has 1 aliphatic heterocycles. The van der Waals surface area contributed by atoms with Crippen LogP contribution < -0.4 is 4.90 Å². The normalized spacial score (nSPS) is 17.8. The molecule has 1 aliphatic rings. The number of hydrogen-bond donors (Lipinski definition) is 1. The summed E-state index contributed by atoms with van der Waals surface area (Å²) in [5.74, 6) is 1.06. The maximum atomic E-state index is 9.45. The van der Waals surface area contributed by atoms with Crippen molar-refractivity contribution in [1.29, 1.82) is 0 Å². The molecule has 26 heavy (non-hydrogen) atoms. The van der Waals surface area contributed by atoms with Gasteiger partial charge in [-0.25, -0.2) is 4.98 Å². The Kier molecular flexibility index (Phi) is 4.83. The summed E-state index contributed by atoms with van der Waals surface area (Å²) >= 11 is 6.01. The Morgan fingerprint density at radius 1 is 1.19 bits per heavy atom. The van der Waals surface area contributed by atoms with Crippen molar-refractivity contribution in [3.05, 3.63) is 47.1 Å². The third-order valence-electron chi connectivity index (χ3n) is 5.06. The SMILES string of the molecule is Cc1cc(N2CCCCC2CCO)n2nc(-c3ccc(Cl)cc3)cc2n1. The Bertz CT molecular complexity index is 904. The number of fused-ring (bicyclic) bond motifs is 1. The van der Waals surface area contributed by atoms with Gasteiger partial charge in [-0.2, -0.15) is 9.61 Å². The van der Waals surface area contributed by atoms with Gasteiger partial charge in [0.25, 0.3) is 0 Å². The molecular formula is C20H23ClN4O. The van der Waals surface area contributed by atoms with Crippen LogP contribution in [0.15, 0.2) is 36.4 Å². The van der Waals surface area contributed by atoms with Crippen LogP contribution in [0.2, 0.25) is 5.02 Å². The molecule has 0 bridgehead atoms. The van der Waals surface area contributed by atoms with E-state index >= 15 is 0 Å². The van der Waals surface area contributed by atoms with Crippen LogP contribution in [-0.4, -0.2) is 38.9 Å². The van der Waals surface area contributed by atoms with Crippen LogP contribution >= 0.6 is 11.6 Å². The molecular weight excluding hydrogens is 348 g/mol. The highest BCUT2D eigenvalue weighted by molar-refractivity contribution is 6.30. The van der Waals surface area contributed by atoms with E-state index in [4.69, 9.17) is 16.7 Å². The number of hydrogen-bond acceptors (Lipinski definition) is 4. The Morgan fingerprint density at radius 2 is 2.00 bits per heavy atom. The van der Waals surface area contributed by atoms with Crippen LogP contribution in [-0.2, 0) is 0 Å². The third kappa shape index (κ3) is 3.29. The molecule has 1 unspecified atom stereocenters. The summed E-state index contributed by atoms with van der Waals surface area (Å²) < 4.78 is 1.94. The van der Waals surface area contributed by atoms with E-state index in [1.807, 2.05) is 41.8 Å². The van der Waals surface area contributed by atoms with Crippen molar-refractivity contribution in [3.63, 3.8) is 0 Å². The van der Waals surface area contributed by atoms with Gasteiger partial charge in [0.15, 0.2) is 5.65 Å². The van der Waals surface area contributed by atoms with Gasteiger partial charge in [-0.05, 0) is 44.7 Å². The fraction of sp³-hybridized carbons (Fsp3) is 0.400. The number of aryl methyl sites for hydroxylation is 1. The van der Waals surface area contributed by atoms with Gasteiger partial charge in [0.05, 0.1) is 5.69 Å².